The van der Waals surface area contributed by atoms with Crippen molar-refractivity contribution in [3.63, 3.8) is 0 Å². The number of carbonyl (C=O) groups is 1. The number of ketones is 1. The Labute approximate surface area is 78.5 Å². The van der Waals surface area contributed by atoms with Crippen LogP contribution in [0, 0.1) is 0 Å². The van der Waals surface area contributed by atoms with E-state index in [-0.39, 0.29) is 5.78 Å². The monoisotopic (exact) mass is 190 g/mol. The van der Waals surface area contributed by atoms with Crippen molar-refractivity contribution in [2.24, 2.45) is 5.84 Å². The number of rotatable bonds is 9. The third kappa shape index (κ3) is 11.5. The minimum atomic E-state index is 0.147. The van der Waals surface area contributed by atoms with Crippen molar-refractivity contribution in [1.82, 2.24) is 5.43 Å². The van der Waals surface area contributed by atoms with Gasteiger partial charge in [-0.2, -0.15) is 0 Å². The maximum atomic E-state index is 10.5. The molecule has 3 N–H and O–H groups in total. The van der Waals surface area contributed by atoms with Crippen LogP contribution in [0.5, 0.6) is 0 Å². The Balaban J connectivity index is 2.87. The molecule has 0 heterocycles. The Kier molecular flexibility index (Phi) is 9.24. The SMILES string of the molecule is CC(=O)CCOCCOCCNN. The highest BCUT2D eigenvalue weighted by atomic mass is 16.5. The molecule has 0 saturated carbocycles. The fraction of sp³-hybridized carbons (Fsp3) is 0.875. The largest absolute Gasteiger partial charge is 0.379 e. The molecule has 0 fully saturated rings. The molecule has 0 bridgehead atoms. The smallest absolute Gasteiger partial charge is 0.132 e. The lowest BCUT2D eigenvalue weighted by atomic mass is 10.3. The Morgan fingerprint density at radius 3 is 2.38 bits per heavy atom. The fourth-order valence-electron chi connectivity index (χ4n) is 0.669. The molecular formula is C8H18N2O3. The number of ether oxygens (including phenoxy) is 2. The summed E-state index contributed by atoms with van der Waals surface area (Å²) in [5.41, 5.74) is 2.47. The lowest BCUT2D eigenvalue weighted by molar-refractivity contribution is -0.118. The van der Waals surface area contributed by atoms with Gasteiger partial charge in [0.25, 0.3) is 0 Å². The van der Waals surface area contributed by atoms with Crippen molar-refractivity contribution >= 4 is 5.78 Å². The molecular weight excluding hydrogens is 172 g/mol. The van der Waals surface area contributed by atoms with Crippen LogP contribution >= 0.6 is 0 Å². The number of carbonyl (C=O) groups excluding carboxylic acids is 1. The molecule has 0 aromatic heterocycles. The van der Waals surface area contributed by atoms with E-state index in [4.69, 9.17) is 15.3 Å². The van der Waals surface area contributed by atoms with Gasteiger partial charge < -0.3 is 9.47 Å². The summed E-state index contributed by atoms with van der Waals surface area (Å²) in [6.07, 6.45) is 0.477. The van der Waals surface area contributed by atoms with E-state index >= 15 is 0 Å². The summed E-state index contributed by atoms with van der Waals surface area (Å²) in [4.78, 5) is 10.5. The Bertz CT molecular complexity index is 131. The Hall–Kier alpha value is -0.490. The first-order valence-corrected chi connectivity index (χ1v) is 4.35. The van der Waals surface area contributed by atoms with Crippen molar-refractivity contribution < 1.29 is 14.3 Å². The van der Waals surface area contributed by atoms with Gasteiger partial charge in [-0.3, -0.25) is 16.1 Å². The molecule has 0 aliphatic carbocycles. The molecule has 0 saturated heterocycles. The zero-order valence-electron chi connectivity index (χ0n) is 8.04. The highest BCUT2D eigenvalue weighted by Crippen LogP contribution is 1.84. The first kappa shape index (κ1) is 12.5. The van der Waals surface area contributed by atoms with E-state index in [1.54, 1.807) is 6.92 Å². The third-order valence-corrected chi connectivity index (χ3v) is 1.36. The van der Waals surface area contributed by atoms with Gasteiger partial charge in [-0.15, -0.1) is 0 Å². The lowest BCUT2D eigenvalue weighted by Crippen LogP contribution is -2.26. The van der Waals surface area contributed by atoms with Crippen LogP contribution in [0.15, 0.2) is 0 Å². The molecule has 0 amide bonds. The van der Waals surface area contributed by atoms with Gasteiger partial charge in [-0.1, -0.05) is 0 Å². The predicted molar refractivity (Wildman–Crippen MR) is 49.1 cm³/mol. The number of nitrogens with one attached hydrogen (secondary N) is 1. The van der Waals surface area contributed by atoms with Crippen LogP contribution in [0.3, 0.4) is 0 Å². The number of nitrogens with two attached hydrogens (primary N) is 1. The standard InChI is InChI=1S/C8H18N2O3/c1-8(11)2-4-12-6-7-13-5-3-10-9/h10H,2-7,9H2,1H3. The minimum Gasteiger partial charge on any atom is -0.379 e. The molecule has 0 aromatic rings. The Morgan fingerprint density at radius 1 is 1.23 bits per heavy atom. The van der Waals surface area contributed by atoms with E-state index in [1.165, 1.54) is 0 Å². The summed E-state index contributed by atoms with van der Waals surface area (Å²) in [6.45, 7) is 4.30. The second-order valence-electron chi connectivity index (χ2n) is 2.63. The second kappa shape index (κ2) is 9.60. The molecule has 0 aromatic carbocycles. The summed E-state index contributed by atoms with van der Waals surface area (Å²) in [5.74, 6) is 5.17. The van der Waals surface area contributed by atoms with Gasteiger partial charge in [0.15, 0.2) is 0 Å². The van der Waals surface area contributed by atoms with Gasteiger partial charge in [0.05, 0.1) is 26.4 Å². The van der Waals surface area contributed by atoms with Crippen LogP contribution in [-0.4, -0.2) is 38.8 Å². The van der Waals surface area contributed by atoms with Crippen LogP contribution in [0.1, 0.15) is 13.3 Å². The molecule has 0 rings (SSSR count). The molecule has 0 unspecified atom stereocenters. The van der Waals surface area contributed by atoms with Crippen molar-refractivity contribution in [3.05, 3.63) is 0 Å². The van der Waals surface area contributed by atoms with E-state index < -0.39 is 0 Å². The number of hydrazine groups is 1. The molecule has 78 valence electrons. The van der Waals surface area contributed by atoms with Crippen LogP contribution in [0.4, 0.5) is 0 Å². The first-order valence-electron chi connectivity index (χ1n) is 4.35. The highest BCUT2D eigenvalue weighted by molar-refractivity contribution is 5.75. The maximum absolute atomic E-state index is 10.5. The van der Waals surface area contributed by atoms with Crippen molar-refractivity contribution in [3.8, 4) is 0 Å². The summed E-state index contributed by atoms with van der Waals surface area (Å²) in [6, 6.07) is 0. The van der Waals surface area contributed by atoms with Crippen LogP contribution in [0.2, 0.25) is 0 Å². The summed E-state index contributed by atoms with van der Waals surface area (Å²) in [7, 11) is 0. The quantitative estimate of drug-likeness (QED) is 0.290. The lowest BCUT2D eigenvalue weighted by Gasteiger charge is -2.04. The summed E-state index contributed by atoms with van der Waals surface area (Å²) < 4.78 is 10.3. The molecule has 0 spiro atoms. The van der Waals surface area contributed by atoms with Gasteiger partial charge >= 0.3 is 0 Å². The average molecular weight is 190 g/mol. The zero-order chi connectivity index (χ0) is 9.94. The van der Waals surface area contributed by atoms with Crippen LogP contribution in [0.25, 0.3) is 0 Å². The van der Waals surface area contributed by atoms with Gasteiger partial charge in [0, 0.05) is 13.0 Å². The number of Topliss-reactive ketones (excluding diaryl/α,β-unsaturated/α-hetero) is 1. The minimum absolute atomic E-state index is 0.147. The molecule has 0 aliphatic rings. The van der Waals surface area contributed by atoms with E-state index in [1.807, 2.05) is 0 Å². The second-order valence-corrected chi connectivity index (χ2v) is 2.63. The molecule has 5 heteroatoms. The van der Waals surface area contributed by atoms with Gasteiger partial charge in [-0.05, 0) is 6.92 Å². The van der Waals surface area contributed by atoms with Crippen molar-refractivity contribution in [2.75, 3.05) is 33.0 Å². The van der Waals surface area contributed by atoms with Gasteiger partial charge in [-0.25, -0.2) is 0 Å². The van der Waals surface area contributed by atoms with Crippen LogP contribution < -0.4 is 11.3 Å². The third-order valence-electron chi connectivity index (χ3n) is 1.36. The molecule has 0 radical (unpaired) electrons. The molecule has 0 atom stereocenters. The topological polar surface area (TPSA) is 73.6 Å². The van der Waals surface area contributed by atoms with Gasteiger partial charge in [0.1, 0.15) is 5.78 Å². The summed E-state index contributed by atoms with van der Waals surface area (Å²) >= 11 is 0. The number of hydrogen-bond donors (Lipinski definition) is 2. The fourth-order valence-corrected chi connectivity index (χ4v) is 0.669. The molecule has 0 aliphatic heterocycles. The normalized spacial score (nSPS) is 10.3. The van der Waals surface area contributed by atoms with E-state index in [9.17, 15) is 4.79 Å². The predicted octanol–water partition coefficient (Wildman–Crippen LogP) is -0.538. The van der Waals surface area contributed by atoms with Crippen molar-refractivity contribution in [1.29, 1.82) is 0 Å². The molecule has 5 nitrogen and oxygen atoms in total. The molecule has 13 heavy (non-hydrogen) atoms. The summed E-state index contributed by atoms with van der Waals surface area (Å²) in [5, 5.41) is 0. The Morgan fingerprint density at radius 2 is 1.85 bits per heavy atom. The average Bonchev–Trinajstić information content (AvgIpc) is 2.09. The zero-order valence-corrected chi connectivity index (χ0v) is 8.04. The van der Waals surface area contributed by atoms with Crippen molar-refractivity contribution in [2.45, 2.75) is 13.3 Å². The van der Waals surface area contributed by atoms with E-state index in [0.717, 1.165) is 0 Å². The van der Waals surface area contributed by atoms with Crippen LogP contribution in [-0.2, 0) is 14.3 Å². The number of hydrogen-bond acceptors (Lipinski definition) is 5. The highest BCUT2D eigenvalue weighted by Gasteiger charge is 1.93. The van der Waals surface area contributed by atoms with E-state index in [2.05, 4.69) is 5.43 Å². The first-order chi connectivity index (χ1) is 6.27. The van der Waals surface area contributed by atoms with E-state index in [0.29, 0.717) is 39.4 Å². The van der Waals surface area contributed by atoms with Gasteiger partial charge in [0.2, 0.25) is 0 Å². The maximum Gasteiger partial charge on any atom is 0.132 e.